The average Bonchev–Trinajstić information content (AvgIpc) is 2.63. The van der Waals surface area contributed by atoms with Crippen LogP contribution in [0.1, 0.15) is 16.7 Å². The van der Waals surface area contributed by atoms with E-state index in [1.807, 2.05) is 60.7 Å². The maximum atomic E-state index is 11.6. The zero-order chi connectivity index (χ0) is 18.4. The van der Waals surface area contributed by atoms with Gasteiger partial charge in [0.1, 0.15) is 5.75 Å². The molecule has 132 valence electrons. The van der Waals surface area contributed by atoms with Crippen LogP contribution in [0.2, 0.25) is 0 Å². The molecule has 0 saturated carbocycles. The third kappa shape index (κ3) is 4.03. The fourth-order valence-corrected chi connectivity index (χ4v) is 3.26. The van der Waals surface area contributed by atoms with Gasteiger partial charge in [-0.25, -0.2) is 4.79 Å². The van der Waals surface area contributed by atoms with Crippen molar-refractivity contribution in [1.29, 1.82) is 0 Å². The van der Waals surface area contributed by atoms with Gasteiger partial charge in [0, 0.05) is 18.4 Å². The highest BCUT2D eigenvalue weighted by Gasteiger charge is 2.39. The van der Waals surface area contributed by atoms with Gasteiger partial charge in [-0.05, 0) is 17.2 Å². The molecule has 0 unspecified atom stereocenters. The number of hydrogen-bond donors (Lipinski definition) is 2. The third-order valence-corrected chi connectivity index (χ3v) is 4.34. The van der Waals surface area contributed by atoms with Gasteiger partial charge in [-0.15, -0.1) is 0 Å². The van der Waals surface area contributed by atoms with Crippen LogP contribution in [0.15, 0.2) is 84.9 Å². The second kappa shape index (κ2) is 7.74. The lowest BCUT2D eigenvalue weighted by atomic mass is 9.81. The molecule has 2 N–H and O–H groups in total. The van der Waals surface area contributed by atoms with E-state index in [2.05, 4.69) is 0 Å². The first kappa shape index (κ1) is 17.5. The summed E-state index contributed by atoms with van der Waals surface area (Å²) in [6.45, 7) is 0. The van der Waals surface area contributed by atoms with Crippen molar-refractivity contribution in [2.45, 2.75) is 18.4 Å². The van der Waals surface area contributed by atoms with Crippen molar-refractivity contribution < 1.29 is 19.7 Å². The number of benzene rings is 3. The van der Waals surface area contributed by atoms with E-state index in [0.29, 0.717) is 18.4 Å². The summed E-state index contributed by atoms with van der Waals surface area (Å²) in [4.78, 5) is 11.6. The van der Waals surface area contributed by atoms with Crippen LogP contribution in [0.3, 0.4) is 0 Å². The molecule has 26 heavy (non-hydrogen) atoms. The number of phenols is 1. The normalized spacial score (nSPS) is 11.1. The predicted molar refractivity (Wildman–Crippen MR) is 99.2 cm³/mol. The highest BCUT2D eigenvalue weighted by Crippen LogP contribution is 2.38. The minimum absolute atomic E-state index is 0.0145. The molecule has 3 rings (SSSR count). The van der Waals surface area contributed by atoms with Gasteiger partial charge in [-0.3, -0.25) is 0 Å². The van der Waals surface area contributed by atoms with Crippen LogP contribution < -0.4 is 0 Å². The highest BCUT2D eigenvalue weighted by molar-refractivity contribution is 5.59. The SMILES string of the molecule is O=C(O)OC(Cc1ccccc1)(Cc1ccccc1)c1ccccc1O. The van der Waals surface area contributed by atoms with Crippen molar-refractivity contribution in [3.05, 3.63) is 102 Å². The van der Waals surface area contributed by atoms with Crippen molar-refractivity contribution in [3.8, 4) is 5.75 Å². The Labute approximate surface area is 152 Å². The number of hydrogen-bond acceptors (Lipinski definition) is 3. The molecule has 3 aromatic carbocycles. The quantitative estimate of drug-likeness (QED) is 0.630. The molecule has 0 amide bonds. The van der Waals surface area contributed by atoms with Crippen molar-refractivity contribution in [3.63, 3.8) is 0 Å². The van der Waals surface area contributed by atoms with Crippen LogP contribution in [-0.2, 0) is 23.2 Å². The fraction of sp³-hybridized carbons (Fsp3) is 0.136. The Kier molecular flexibility index (Phi) is 5.23. The molecule has 0 aromatic heterocycles. The number of carbonyl (C=O) groups is 1. The van der Waals surface area contributed by atoms with E-state index in [0.717, 1.165) is 11.1 Å². The molecular weight excluding hydrogens is 328 g/mol. The molecule has 4 nitrogen and oxygen atoms in total. The van der Waals surface area contributed by atoms with Gasteiger partial charge in [0.25, 0.3) is 0 Å². The summed E-state index contributed by atoms with van der Waals surface area (Å²) in [6, 6.07) is 25.8. The summed E-state index contributed by atoms with van der Waals surface area (Å²) >= 11 is 0. The van der Waals surface area contributed by atoms with Crippen LogP contribution in [0.5, 0.6) is 5.75 Å². The zero-order valence-electron chi connectivity index (χ0n) is 14.2. The van der Waals surface area contributed by atoms with Crippen molar-refractivity contribution in [2.75, 3.05) is 0 Å². The Bertz CT molecular complexity index is 818. The molecule has 0 heterocycles. The van der Waals surface area contributed by atoms with E-state index in [1.54, 1.807) is 24.3 Å². The molecule has 0 spiro atoms. The van der Waals surface area contributed by atoms with E-state index in [-0.39, 0.29) is 5.75 Å². The van der Waals surface area contributed by atoms with Crippen LogP contribution in [0.4, 0.5) is 4.79 Å². The van der Waals surface area contributed by atoms with E-state index in [1.165, 1.54) is 0 Å². The number of rotatable bonds is 6. The molecule has 0 bridgehead atoms. The molecule has 3 aromatic rings. The standard InChI is InChI=1S/C22H20O4/c23-20-14-8-7-13-19(20)22(26-21(24)25,15-17-9-3-1-4-10-17)16-18-11-5-2-6-12-18/h1-14,23H,15-16H2,(H,24,25). The number of carboxylic acid groups (broad SMARTS) is 1. The second-order valence-electron chi connectivity index (χ2n) is 6.20. The van der Waals surface area contributed by atoms with Gasteiger partial charge in [-0.1, -0.05) is 78.9 Å². The maximum Gasteiger partial charge on any atom is 0.506 e. The first-order valence-corrected chi connectivity index (χ1v) is 8.37. The molecule has 0 aliphatic rings. The Balaban J connectivity index is 2.13. The van der Waals surface area contributed by atoms with Crippen molar-refractivity contribution in [2.24, 2.45) is 0 Å². The van der Waals surface area contributed by atoms with Gasteiger partial charge < -0.3 is 14.9 Å². The lowest BCUT2D eigenvalue weighted by molar-refractivity contribution is -0.0241. The second-order valence-corrected chi connectivity index (χ2v) is 6.20. The Morgan fingerprint density at radius 1 is 0.769 bits per heavy atom. The number of phenolic OH excluding ortho intramolecular Hbond substituents is 1. The van der Waals surface area contributed by atoms with E-state index in [4.69, 9.17) is 4.74 Å². The first-order chi connectivity index (χ1) is 12.6. The molecular formula is C22H20O4. The van der Waals surface area contributed by atoms with E-state index in [9.17, 15) is 15.0 Å². The Hall–Kier alpha value is -3.27. The molecule has 0 atom stereocenters. The van der Waals surface area contributed by atoms with Gasteiger partial charge in [-0.2, -0.15) is 0 Å². The van der Waals surface area contributed by atoms with E-state index >= 15 is 0 Å². The Morgan fingerprint density at radius 3 is 1.69 bits per heavy atom. The predicted octanol–water partition coefficient (Wildman–Crippen LogP) is 4.77. The van der Waals surface area contributed by atoms with Gasteiger partial charge in [0.2, 0.25) is 0 Å². The van der Waals surface area contributed by atoms with Crippen molar-refractivity contribution in [1.82, 2.24) is 0 Å². The smallest absolute Gasteiger partial charge is 0.506 e. The average molecular weight is 348 g/mol. The number of ether oxygens (including phenoxy) is 1. The first-order valence-electron chi connectivity index (χ1n) is 8.37. The zero-order valence-corrected chi connectivity index (χ0v) is 14.2. The molecule has 0 fully saturated rings. The minimum Gasteiger partial charge on any atom is -0.508 e. The maximum absolute atomic E-state index is 11.6. The topological polar surface area (TPSA) is 66.8 Å². The van der Waals surface area contributed by atoms with Crippen LogP contribution >= 0.6 is 0 Å². The lowest BCUT2D eigenvalue weighted by Crippen LogP contribution is -2.37. The van der Waals surface area contributed by atoms with Gasteiger partial charge in [0.05, 0.1) is 0 Å². The Morgan fingerprint density at radius 2 is 1.23 bits per heavy atom. The monoisotopic (exact) mass is 348 g/mol. The molecule has 0 aliphatic carbocycles. The summed E-state index contributed by atoms with van der Waals surface area (Å²) in [6.07, 6.45) is -0.751. The summed E-state index contributed by atoms with van der Waals surface area (Å²) in [5.74, 6) is 0.0145. The van der Waals surface area contributed by atoms with Crippen LogP contribution in [-0.4, -0.2) is 16.4 Å². The van der Waals surface area contributed by atoms with Crippen LogP contribution in [0.25, 0.3) is 0 Å². The molecule has 0 aliphatic heterocycles. The molecule has 0 saturated heterocycles. The largest absolute Gasteiger partial charge is 0.508 e. The molecule has 0 radical (unpaired) electrons. The van der Waals surface area contributed by atoms with E-state index < -0.39 is 11.8 Å². The number of para-hydroxylation sites is 1. The summed E-state index contributed by atoms with van der Waals surface area (Å²) < 4.78 is 5.47. The summed E-state index contributed by atoms with van der Waals surface area (Å²) in [5, 5.41) is 19.9. The van der Waals surface area contributed by atoms with Crippen molar-refractivity contribution >= 4 is 6.16 Å². The van der Waals surface area contributed by atoms with Crippen LogP contribution in [0, 0.1) is 0 Å². The molecule has 4 heteroatoms. The third-order valence-electron chi connectivity index (χ3n) is 4.34. The minimum atomic E-state index is -1.37. The van der Waals surface area contributed by atoms with Gasteiger partial charge in [0.15, 0.2) is 5.60 Å². The lowest BCUT2D eigenvalue weighted by Gasteiger charge is -2.33. The van der Waals surface area contributed by atoms with Gasteiger partial charge >= 0.3 is 6.16 Å². The summed E-state index contributed by atoms with van der Waals surface area (Å²) in [7, 11) is 0. The number of aromatic hydroxyl groups is 1. The highest BCUT2D eigenvalue weighted by atomic mass is 16.7. The fourth-order valence-electron chi connectivity index (χ4n) is 3.26. The summed E-state index contributed by atoms with van der Waals surface area (Å²) in [5.41, 5.74) is 1.07.